The van der Waals surface area contributed by atoms with E-state index in [1.165, 1.54) is 22.3 Å². The van der Waals surface area contributed by atoms with Gasteiger partial charge in [0, 0.05) is 89.5 Å². The molecule has 1 atom stereocenters. The van der Waals surface area contributed by atoms with Crippen molar-refractivity contribution in [3.8, 4) is 188 Å². The molecule has 0 fully saturated rings. The van der Waals surface area contributed by atoms with E-state index in [-0.39, 0.29) is 0 Å². The molecule has 14 aromatic rings. The molecule has 1 unspecified atom stereocenters. The highest BCUT2D eigenvalue weighted by Gasteiger charge is 2.46. The normalized spacial score (nSPS) is 13.0. The summed E-state index contributed by atoms with van der Waals surface area (Å²) < 4.78 is 0. The van der Waals surface area contributed by atoms with Crippen molar-refractivity contribution in [2.75, 3.05) is 9.80 Å². The Bertz CT molecular complexity index is 6210. The van der Waals surface area contributed by atoms with Gasteiger partial charge in [0.2, 0.25) is 0 Å². The van der Waals surface area contributed by atoms with Gasteiger partial charge < -0.3 is 9.80 Å². The number of terminal acetylenes is 8. The molecule has 0 aromatic heterocycles. The molecule has 0 heterocycles. The Balaban J connectivity index is 1.01. The Kier molecular flexibility index (Phi) is 16.9. The van der Waals surface area contributed by atoms with Crippen LogP contribution in [0.15, 0.2) is 297 Å². The van der Waals surface area contributed by atoms with Crippen LogP contribution in [0.4, 0.5) is 34.1 Å². The Morgan fingerprint density at radius 2 is 0.542 bits per heavy atom. The standard InChI is InChI=1S/C105H66N2/c1-12-69-36-32-48-90(86(69)16-5)77-59-74(60-78(61-77)91-49-33-37-70(13-2)87(91)17-6)76-58-75(73-52-55-94(92-50-34-38-71(14-3)88(92)18-7)97(64-73)93-51-35-39-72(15-4)89(93)19-8)62-79(63-76)105(11)102-66-85(107(82-44-28-22-29-45-82)83-46-30-23-31-47-83)54-57-96(102)99-67-101-98(68-103(99)105)95-56-53-84(65-100(95)104(101,9)10)106(80-40-24-20-25-41-80)81-42-26-21-27-43-81/h1-8,20-68H,9-11H3. The van der Waals surface area contributed by atoms with E-state index in [0.717, 1.165) is 129 Å². The van der Waals surface area contributed by atoms with Gasteiger partial charge in [-0.2, -0.15) is 0 Å². The molecule has 2 heteroatoms. The Morgan fingerprint density at radius 1 is 0.215 bits per heavy atom. The number of rotatable bonds is 13. The fourth-order valence-electron chi connectivity index (χ4n) is 16.3. The molecule has 0 saturated carbocycles. The van der Waals surface area contributed by atoms with Crippen molar-refractivity contribution < 1.29 is 0 Å². The van der Waals surface area contributed by atoms with Crippen LogP contribution in [0.3, 0.4) is 0 Å². The largest absolute Gasteiger partial charge is 0.310 e. The molecule has 0 aliphatic heterocycles. The highest BCUT2D eigenvalue weighted by atomic mass is 15.1. The zero-order chi connectivity index (χ0) is 73.7. The summed E-state index contributed by atoms with van der Waals surface area (Å²) >= 11 is 0. The minimum atomic E-state index is -0.891. The number of hydrogen-bond acceptors (Lipinski definition) is 2. The second-order valence-corrected chi connectivity index (χ2v) is 27.6. The van der Waals surface area contributed by atoms with E-state index in [0.29, 0.717) is 44.5 Å². The van der Waals surface area contributed by atoms with E-state index in [1.54, 1.807) is 0 Å². The van der Waals surface area contributed by atoms with E-state index < -0.39 is 10.8 Å². The molecule has 0 spiro atoms. The molecule has 0 N–H and O–H groups in total. The minimum Gasteiger partial charge on any atom is -0.310 e. The van der Waals surface area contributed by atoms with Crippen molar-refractivity contribution in [2.45, 2.75) is 31.6 Å². The second kappa shape index (κ2) is 27.2. The SMILES string of the molecule is C#Cc1cccc(-c2cc(-c3cc(-c4ccc(-c5cccc(C#C)c5C#C)c(-c5cccc(C#C)c5C#C)c4)cc(C4(C)c5cc(N(c6ccccc6)c6ccccc6)ccc5-c5cc6c(cc54)-c4ccc(N(c5ccccc5)c5ccccc5)cc4C6(C)C)c3)cc(-c3cccc(C#C)c3C#C)c2)c1C#C. The number of anilines is 6. The van der Waals surface area contributed by atoms with Gasteiger partial charge in [-0.1, -0.05) is 207 Å². The monoisotopic (exact) mass is 1350 g/mol. The van der Waals surface area contributed by atoms with Gasteiger partial charge in [-0.15, -0.1) is 51.4 Å². The van der Waals surface area contributed by atoms with Crippen molar-refractivity contribution >= 4 is 34.1 Å². The van der Waals surface area contributed by atoms with Gasteiger partial charge in [-0.25, -0.2) is 0 Å². The summed E-state index contributed by atoms with van der Waals surface area (Å²) in [5, 5.41) is 0. The van der Waals surface area contributed by atoms with Crippen LogP contribution in [0.2, 0.25) is 0 Å². The van der Waals surface area contributed by atoms with Crippen molar-refractivity contribution in [3.05, 3.63) is 370 Å². The molecule has 2 nitrogen and oxygen atoms in total. The molecule has 0 radical (unpaired) electrons. The van der Waals surface area contributed by atoms with Crippen LogP contribution < -0.4 is 9.80 Å². The Labute approximate surface area is 628 Å². The summed E-state index contributed by atoms with van der Waals surface area (Å²) in [6.45, 7) is 7.15. The summed E-state index contributed by atoms with van der Waals surface area (Å²) in [6, 6.07) is 105. The van der Waals surface area contributed by atoms with E-state index >= 15 is 0 Å². The molecule has 14 aromatic carbocycles. The summed E-state index contributed by atoms with van der Waals surface area (Å²) in [5.41, 5.74) is 30.1. The number of benzene rings is 14. The lowest BCUT2D eigenvalue weighted by Crippen LogP contribution is -2.23. The minimum absolute atomic E-state index is 0.425. The quantitative estimate of drug-likeness (QED) is 0.106. The first-order valence-corrected chi connectivity index (χ1v) is 35.4. The number of nitrogens with zero attached hydrogens (tertiary/aromatic N) is 2. The highest BCUT2D eigenvalue weighted by molar-refractivity contribution is 5.97. The maximum Gasteiger partial charge on any atom is 0.0477 e. The van der Waals surface area contributed by atoms with Gasteiger partial charge in [0.15, 0.2) is 0 Å². The van der Waals surface area contributed by atoms with Crippen molar-refractivity contribution in [1.82, 2.24) is 0 Å². The van der Waals surface area contributed by atoms with Gasteiger partial charge in [0.25, 0.3) is 0 Å². The van der Waals surface area contributed by atoms with Gasteiger partial charge >= 0.3 is 0 Å². The zero-order valence-electron chi connectivity index (χ0n) is 59.3. The van der Waals surface area contributed by atoms with Crippen molar-refractivity contribution in [2.24, 2.45) is 0 Å². The first-order valence-electron chi connectivity index (χ1n) is 35.4. The molecular weight excluding hydrogens is 1290 g/mol. The third-order valence-corrected chi connectivity index (χ3v) is 21.5. The van der Waals surface area contributed by atoms with Gasteiger partial charge in [0.1, 0.15) is 0 Å². The van der Waals surface area contributed by atoms with Crippen molar-refractivity contribution in [1.29, 1.82) is 0 Å². The predicted octanol–water partition coefficient (Wildman–Crippen LogP) is 24.1. The lowest BCUT2D eigenvalue weighted by atomic mass is 9.72. The molecule has 496 valence electrons. The molecule has 107 heavy (non-hydrogen) atoms. The Morgan fingerprint density at radius 3 is 0.981 bits per heavy atom. The van der Waals surface area contributed by atoms with E-state index in [4.69, 9.17) is 51.4 Å². The molecule has 2 aliphatic rings. The van der Waals surface area contributed by atoms with Gasteiger partial charge in [-0.3, -0.25) is 0 Å². The molecule has 2 aliphatic carbocycles. The van der Waals surface area contributed by atoms with Crippen LogP contribution in [0.25, 0.3) is 89.0 Å². The summed E-state index contributed by atoms with van der Waals surface area (Å²) in [7, 11) is 0. The van der Waals surface area contributed by atoms with E-state index in [2.05, 4.69) is 302 Å². The molecule has 0 amide bonds. The first kappa shape index (κ1) is 66.7. The maximum atomic E-state index is 6.53. The summed E-state index contributed by atoms with van der Waals surface area (Å²) in [4.78, 5) is 4.69. The Hall–Kier alpha value is -14.8. The van der Waals surface area contributed by atoms with Crippen LogP contribution in [-0.2, 0) is 10.8 Å². The van der Waals surface area contributed by atoms with Crippen LogP contribution in [0.5, 0.6) is 0 Å². The van der Waals surface area contributed by atoms with Crippen LogP contribution in [-0.4, -0.2) is 0 Å². The van der Waals surface area contributed by atoms with Gasteiger partial charge in [0.05, 0.1) is 0 Å². The number of hydrogen-bond donors (Lipinski definition) is 0. The number of fused-ring (bicyclic) bond motifs is 6. The lowest BCUT2D eigenvalue weighted by Gasteiger charge is -2.32. The zero-order valence-corrected chi connectivity index (χ0v) is 59.3. The van der Waals surface area contributed by atoms with E-state index in [1.807, 2.05) is 72.8 Å². The van der Waals surface area contributed by atoms with E-state index in [9.17, 15) is 0 Å². The fraction of sp³-hybridized carbons (Fsp3) is 0.0476. The fourth-order valence-corrected chi connectivity index (χ4v) is 16.3. The summed E-state index contributed by atoms with van der Waals surface area (Å²) in [5.74, 6) is 23.3. The van der Waals surface area contributed by atoms with Crippen LogP contribution in [0, 0.1) is 98.8 Å². The average molecular weight is 1360 g/mol. The maximum absolute atomic E-state index is 6.53. The molecule has 0 saturated heterocycles. The smallest absolute Gasteiger partial charge is 0.0477 e. The predicted molar refractivity (Wildman–Crippen MR) is 447 cm³/mol. The topological polar surface area (TPSA) is 6.48 Å². The molecular formula is C105H66N2. The van der Waals surface area contributed by atoms with Crippen molar-refractivity contribution in [3.63, 3.8) is 0 Å². The first-order chi connectivity index (χ1) is 52.3. The van der Waals surface area contributed by atoms with Crippen LogP contribution in [0.1, 0.15) is 93.1 Å². The van der Waals surface area contributed by atoms with Crippen LogP contribution >= 0.6 is 0 Å². The summed E-state index contributed by atoms with van der Waals surface area (Å²) in [6.07, 6.45) is 50.9. The second-order valence-electron chi connectivity index (χ2n) is 27.6. The molecule has 16 rings (SSSR count). The molecule has 0 bridgehead atoms. The average Bonchev–Trinajstić information content (AvgIpc) is 1.53. The third kappa shape index (κ3) is 11.2. The highest BCUT2D eigenvalue weighted by Crippen LogP contribution is 2.60. The third-order valence-electron chi connectivity index (χ3n) is 21.5. The lowest BCUT2D eigenvalue weighted by molar-refractivity contribution is 0.659. The number of para-hydroxylation sites is 4. The van der Waals surface area contributed by atoms with Gasteiger partial charge in [-0.05, 0) is 275 Å².